The predicted octanol–water partition coefficient (Wildman–Crippen LogP) is 4.11. The van der Waals surface area contributed by atoms with Gasteiger partial charge in [-0.15, -0.1) is 0 Å². The Morgan fingerprint density at radius 3 is 2.55 bits per heavy atom. The van der Waals surface area contributed by atoms with Crippen molar-refractivity contribution in [3.63, 3.8) is 0 Å². The zero-order valence-electron chi connectivity index (χ0n) is 21.6. The SMILES string of the molecule is C=C1CC[C@H](OS(=O)(=O)[O-])CC1=CC=C1CCC[C@]2(C)[C@@H]([C@H](C)CCCC(C)C)CC[C@@H]12.[Na+]. The molecule has 0 bridgehead atoms. The van der Waals surface area contributed by atoms with Crippen molar-refractivity contribution in [2.75, 3.05) is 0 Å². The molecule has 182 valence electrons. The number of rotatable bonds is 8. The molecule has 0 radical (unpaired) electrons. The quantitative estimate of drug-likeness (QED) is 0.294. The third kappa shape index (κ3) is 7.79. The van der Waals surface area contributed by atoms with E-state index in [0.717, 1.165) is 35.3 Å². The topological polar surface area (TPSA) is 66.4 Å². The number of hydrogen-bond donors (Lipinski definition) is 0. The van der Waals surface area contributed by atoms with Crippen molar-refractivity contribution >= 4 is 10.4 Å². The fourth-order valence-electron chi connectivity index (χ4n) is 6.89. The van der Waals surface area contributed by atoms with E-state index in [1.807, 2.05) is 0 Å². The molecule has 3 fully saturated rings. The van der Waals surface area contributed by atoms with E-state index in [9.17, 15) is 13.0 Å². The maximum absolute atomic E-state index is 11.0. The van der Waals surface area contributed by atoms with Crippen molar-refractivity contribution in [1.82, 2.24) is 0 Å². The van der Waals surface area contributed by atoms with E-state index in [0.29, 0.717) is 30.6 Å². The Hall–Kier alpha value is 0.0900. The first-order chi connectivity index (χ1) is 15.0. The molecule has 4 nitrogen and oxygen atoms in total. The summed E-state index contributed by atoms with van der Waals surface area (Å²) in [6, 6.07) is 0. The molecule has 0 aromatic rings. The molecule has 3 rings (SSSR count). The maximum Gasteiger partial charge on any atom is 1.00 e. The standard InChI is InChI=1S/C27H44O4S.Na/c1-19(2)8-6-9-21(4)25-15-16-26-22(10-7-17-27(25,26)5)12-13-23-18-24(14-11-20(23)3)31-32(28,29)30;/h12-13,19,21,24-26H,3,6-11,14-18H2,1-2,4-5H3,(H,28,29,30);/q;+1/p-1/t21-,24+,25-,26+,27-;/m1./s1. The molecule has 0 amide bonds. The average molecular weight is 487 g/mol. The molecule has 0 spiro atoms. The number of hydrogen-bond acceptors (Lipinski definition) is 4. The van der Waals surface area contributed by atoms with Crippen LogP contribution in [-0.4, -0.2) is 19.1 Å². The molecule has 0 saturated heterocycles. The van der Waals surface area contributed by atoms with Crippen LogP contribution in [0.15, 0.2) is 35.5 Å². The second-order valence-electron chi connectivity index (χ2n) is 11.3. The van der Waals surface area contributed by atoms with Crippen molar-refractivity contribution < 1.29 is 46.7 Å². The zero-order chi connectivity index (χ0) is 23.5. The molecule has 0 heterocycles. The van der Waals surface area contributed by atoms with Gasteiger partial charge in [-0.25, -0.2) is 8.42 Å². The molecule has 33 heavy (non-hydrogen) atoms. The van der Waals surface area contributed by atoms with Crippen molar-refractivity contribution in [1.29, 1.82) is 0 Å². The van der Waals surface area contributed by atoms with Gasteiger partial charge in [-0.1, -0.05) is 76.8 Å². The number of allylic oxidation sites excluding steroid dienone is 4. The minimum atomic E-state index is -4.67. The maximum atomic E-state index is 11.0. The van der Waals surface area contributed by atoms with E-state index in [1.165, 1.54) is 44.9 Å². The summed E-state index contributed by atoms with van der Waals surface area (Å²) in [5, 5.41) is 0. The Bertz CT molecular complexity index is 844. The predicted molar refractivity (Wildman–Crippen MR) is 130 cm³/mol. The van der Waals surface area contributed by atoms with Crippen LogP contribution in [0.5, 0.6) is 0 Å². The molecule has 0 aromatic heterocycles. The van der Waals surface area contributed by atoms with Crippen molar-refractivity contribution in [2.24, 2.45) is 29.1 Å². The monoisotopic (exact) mass is 486 g/mol. The van der Waals surface area contributed by atoms with Gasteiger partial charge in [0, 0.05) is 6.42 Å². The summed E-state index contributed by atoms with van der Waals surface area (Å²) in [5.41, 5.74) is 4.01. The summed E-state index contributed by atoms with van der Waals surface area (Å²) in [7, 11) is -4.67. The van der Waals surface area contributed by atoms with Gasteiger partial charge in [-0.05, 0) is 79.6 Å². The summed E-state index contributed by atoms with van der Waals surface area (Å²) >= 11 is 0. The van der Waals surface area contributed by atoms with Gasteiger partial charge in [0.15, 0.2) is 0 Å². The fourth-order valence-corrected chi connectivity index (χ4v) is 7.39. The number of fused-ring (bicyclic) bond motifs is 1. The van der Waals surface area contributed by atoms with Crippen molar-refractivity contribution in [2.45, 2.75) is 104 Å². The van der Waals surface area contributed by atoms with Crippen LogP contribution in [0.3, 0.4) is 0 Å². The van der Waals surface area contributed by atoms with Crippen molar-refractivity contribution in [3.05, 3.63) is 35.5 Å². The van der Waals surface area contributed by atoms with Crippen LogP contribution in [0.2, 0.25) is 0 Å². The van der Waals surface area contributed by atoms with Crippen LogP contribution in [0.1, 0.15) is 98.3 Å². The summed E-state index contributed by atoms with van der Waals surface area (Å²) in [4.78, 5) is 0. The molecular weight excluding hydrogens is 443 g/mol. The van der Waals surface area contributed by atoms with Gasteiger partial charge in [0.2, 0.25) is 10.4 Å². The Morgan fingerprint density at radius 2 is 1.88 bits per heavy atom. The second kappa shape index (κ2) is 12.4. The normalized spacial score (nSPS) is 33.9. The Morgan fingerprint density at radius 1 is 1.15 bits per heavy atom. The third-order valence-corrected chi connectivity index (χ3v) is 9.10. The molecule has 3 aliphatic carbocycles. The van der Waals surface area contributed by atoms with Crippen LogP contribution >= 0.6 is 0 Å². The van der Waals surface area contributed by atoms with Gasteiger partial charge in [0.1, 0.15) is 0 Å². The molecule has 3 saturated carbocycles. The van der Waals surface area contributed by atoms with E-state index >= 15 is 0 Å². The zero-order valence-corrected chi connectivity index (χ0v) is 24.4. The average Bonchev–Trinajstić information content (AvgIpc) is 3.04. The van der Waals surface area contributed by atoms with E-state index in [4.69, 9.17) is 4.18 Å². The van der Waals surface area contributed by atoms with Crippen LogP contribution in [0.25, 0.3) is 0 Å². The van der Waals surface area contributed by atoms with Crippen LogP contribution in [0, 0.1) is 29.1 Å². The van der Waals surface area contributed by atoms with Gasteiger partial charge in [0.05, 0.1) is 6.10 Å². The van der Waals surface area contributed by atoms with Crippen LogP contribution in [0.4, 0.5) is 0 Å². The summed E-state index contributed by atoms with van der Waals surface area (Å²) in [6.07, 6.45) is 15.9. The molecule has 0 aromatic carbocycles. The first-order valence-electron chi connectivity index (χ1n) is 12.7. The minimum Gasteiger partial charge on any atom is -0.726 e. The van der Waals surface area contributed by atoms with Gasteiger partial charge in [-0.2, -0.15) is 0 Å². The summed E-state index contributed by atoms with van der Waals surface area (Å²) < 4.78 is 37.8. The van der Waals surface area contributed by atoms with E-state index in [2.05, 4.69) is 46.4 Å². The molecule has 5 atom stereocenters. The third-order valence-electron chi connectivity index (χ3n) is 8.59. The van der Waals surface area contributed by atoms with Crippen LogP contribution < -0.4 is 29.6 Å². The van der Waals surface area contributed by atoms with Gasteiger partial charge in [-0.3, -0.25) is 4.18 Å². The fraction of sp³-hybridized carbons (Fsp3) is 0.778. The van der Waals surface area contributed by atoms with E-state index in [-0.39, 0.29) is 29.6 Å². The molecule has 6 heteroatoms. The molecule has 3 aliphatic rings. The van der Waals surface area contributed by atoms with E-state index in [1.54, 1.807) is 5.57 Å². The molecule has 0 N–H and O–H groups in total. The Labute approximate surface area is 225 Å². The molecular formula is C27H43NaO4S. The van der Waals surface area contributed by atoms with Gasteiger partial charge in [0.25, 0.3) is 0 Å². The molecule has 0 aliphatic heterocycles. The van der Waals surface area contributed by atoms with Gasteiger partial charge >= 0.3 is 29.6 Å². The van der Waals surface area contributed by atoms with Crippen LogP contribution in [-0.2, 0) is 14.6 Å². The minimum absolute atomic E-state index is 0. The Kier molecular flexibility index (Phi) is 11.0. The first kappa shape index (κ1) is 29.3. The van der Waals surface area contributed by atoms with E-state index < -0.39 is 16.5 Å². The molecule has 0 unspecified atom stereocenters. The largest absolute Gasteiger partial charge is 1.00 e. The Balaban J connectivity index is 0.00000385. The summed E-state index contributed by atoms with van der Waals surface area (Å²) in [6.45, 7) is 13.8. The van der Waals surface area contributed by atoms with Crippen molar-refractivity contribution in [3.8, 4) is 0 Å². The van der Waals surface area contributed by atoms with Gasteiger partial charge < -0.3 is 4.55 Å². The second-order valence-corrected chi connectivity index (χ2v) is 12.3. The smallest absolute Gasteiger partial charge is 0.726 e. The first-order valence-corrected chi connectivity index (χ1v) is 14.0. The summed E-state index contributed by atoms with van der Waals surface area (Å²) in [5.74, 6) is 3.03.